The van der Waals surface area contributed by atoms with Crippen LogP contribution in [0.4, 0.5) is 5.13 Å². The second-order valence-corrected chi connectivity index (χ2v) is 12.8. The molecule has 3 aliphatic rings. The van der Waals surface area contributed by atoms with Crippen molar-refractivity contribution >= 4 is 32.7 Å². The lowest BCUT2D eigenvalue weighted by molar-refractivity contribution is 0.0282. The van der Waals surface area contributed by atoms with Gasteiger partial charge in [0.1, 0.15) is 22.8 Å². The van der Waals surface area contributed by atoms with Gasteiger partial charge >= 0.3 is 5.97 Å². The highest BCUT2D eigenvalue weighted by Crippen LogP contribution is 2.55. The molecule has 3 fully saturated rings. The Kier molecular flexibility index (Phi) is 5.92. The lowest BCUT2D eigenvalue weighted by Gasteiger charge is -2.52. The molecule has 0 amide bonds. The molecule has 1 spiro atoms. The second kappa shape index (κ2) is 9.37. The van der Waals surface area contributed by atoms with Crippen LogP contribution in [0.1, 0.15) is 71.7 Å². The van der Waals surface area contributed by atoms with Gasteiger partial charge in [-0.05, 0) is 74.8 Å². The van der Waals surface area contributed by atoms with Crippen molar-refractivity contribution in [2.45, 2.75) is 57.8 Å². The number of carboxylic acid groups (broad SMARTS) is 1. The van der Waals surface area contributed by atoms with Crippen molar-refractivity contribution in [2.75, 3.05) is 25.1 Å². The number of methoxy groups -OCH3 is 1. The lowest BCUT2D eigenvalue weighted by atomic mass is 9.56. The molecule has 3 heterocycles. The third-order valence-corrected chi connectivity index (χ3v) is 10.2. The number of benzene rings is 2. The number of hydrogen-bond acceptors (Lipinski definition) is 7. The van der Waals surface area contributed by atoms with Gasteiger partial charge < -0.3 is 19.3 Å². The van der Waals surface area contributed by atoms with Crippen LogP contribution in [0.25, 0.3) is 21.5 Å². The van der Waals surface area contributed by atoms with E-state index in [9.17, 15) is 9.90 Å². The molecule has 2 aromatic carbocycles. The summed E-state index contributed by atoms with van der Waals surface area (Å²) in [7, 11) is 1.50. The summed E-state index contributed by atoms with van der Waals surface area (Å²) in [5.74, 6) is 1.75. The van der Waals surface area contributed by atoms with Gasteiger partial charge in [-0.2, -0.15) is 0 Å². The van der Waals surface area contributed by atoms with E-state index in [4.69, 9.17) is 14.2 Å². The van der Waals surface area contributed by atoms with Crippen LogP contribution in [0.3, 0.4) is 0 Å². The molecule has 1 aliphatic heterocycles. The number of carboxylic acids is 1. The molecule has 7 rings (SSSR count). The van der Waals surface area contributed by atoms with E-state index < -0.39 is 5.97 Å². The topological polar surface area (TPSA) is 88.7 Å². The maximum absolute atomic E-state index is 11.6. The van der Waals surface area contributed by atoms with Crippen LogP contribution in [0.5, 0.6) is 5.75 Å². The van der Waals surface area contributed by atoms with E-state index in [1.165, 1.54) is 62.3 Å². The highest BCUT2D eigenvalue weighted by molar-refractivity contribution is 7.22. The third-order valence-electron chi connectivity index (χ3n) is 9.13. The van der Waals surface area contributed by atoms with Gasteiger partial charge in [0.2, 0.25) is 0 Å². The molecule has 39 heavy (non-hydrogen) atoms. The van der Waals surface area contributed by atoms with E-state index in [0.29, 0.717) is 23.0 Å². The third kappa shape index (κ3) is 4.39. The summed E-state index contributed by atoms with van der Waals surface area (Å²) < 4.78 is 12.1. The number of aryl methyl sites for hydroxylation is 1. The average molecular weight is 544 g/mol. The van der Waals surface area contributed by atoms with Crippen LogP contribution in [-0.2, 0) is 6.42 Å². The molecule has 2 aromatic heterocycles. The summed E-state index contributed by atoms with van der Waals surface area (Å²) in [6.45, 7) is 4.14. The molecule has 1 saturated heterocycles. The number of thiazole rings is 1. The summed E-state index contributed by atoms with van der Waals surface area (Å²) in [4.78, 5) is 18.8. The van der Waals surface area contributed by atoms with Gasteiger partial charge in [0.05, 0.1) is 17.3 Å². The van der Waals surface area contributed by atoms with Crippen LogP contribution < -0.4 is 9.64 Å². The van der Waals surface area contributed by atoms with Crippen LogP contribution in [-0.4, -0.2) is 41.4 Å². The molecule has 4 aromatic rings. The first-order chi connectivity index (χ1) is 18.9. The Hall–Kier alpha value is -3.39. The maximum Gasteiger partial charge on any atom is 0.339 e. The minimum absolute atomic E-state index is 0.182. The molecule has 2 saturated carbocycles. The first-order valence-electron chi connectivity index (χ1n) is 13.9. The molecule has 7 nitrogen and oxygen atoms in total. The fraction of sp³-hybridized carbons (Fsp3) is 0.452. The minimum atomic E-state index is -0.982. The van der Waals surface area contributed by atoms with E-state index in [1.807, 2.05) is 0 Å². The van der Waals surface area contributed by atoms with Crippen molar-refractivity contribution in [1.29, 1.82) is 0 Å². The summed E-state index contributed by atoms with van der Waals surface area (Å²) in [5, 5.41) is 15.1. The van der Waals surface area contributed by atoms with Crippen LogP contribution >= 0.6 is 11.3 Å². The highest BCUT2D eigenvalue weighted by atomic mass is 32.1. The van der Waals surface area contributed by atoms with Gasteiger partial charge in [0, 0.05) is 36.2 Å². The van der Waals surface area contributed by atoms with Crippen LogP contribution in [0.15, 0.2) is 40.9 Å². The van der Waals surface area contributed by atoms with E-state index in [0.717, 1.165) is 46.3 Å². The van der Waals surface area contributed by atoms with E-state index in [1.54, 1.807) is 23.5 Å². The number of aromatic carboxylic acids is 1. The molecule has 8 heteroatoms. The first-order valence-corrected chi connectivity index (χ1v) is 14.8. The lowest BCUT2D eigenvalue weighted by Crippen LogP contribution is -2.47. The predicted molar refractivity (Wildman–Crippen MR) is 152 cm³/mol. The number of hydrogen-bond donors (Lipinski definition) is 1. The Morgan fingerprint density at radius 1 is 1.21 bits per heavy atom. The SMILES string of the molecule is COc1cc2nc(N3CCC4(CC3)CC(Cc3c(-c5ccccc5C)noc3C3CC3)C4)sc2cc1C(=O)O. The van der Waals surface area contributed by atoms with Crippen molar-refractivity contribution in [3.05, 3.63) is 58.8 Å². The zero-order valence-electron chi connectivity index (χ0n) is 22.4. The zero-order valence-corrected chi connectivity index (χ0v) is 23.2. The Bertz CT molecular complexity index is 1550. The molecular formula is C31H33N3O4S. The standard InChI is InChI=1S/C31H33N3O4S/c1-18-5-3-4-6-21(18)27-23(28(38-33-27)20-7-8-20)13-19-16-31(17-19)9-11-34(12-10-31)30-32-24-15-25(37-2)22(29(35)36)14-26(24)39-30/h3-6,14-15,19-20H,7-13,16-17H2,1-2H3,(H,35,36). The van der Waals surface area contributed by atoms with Crippen molar-refractivity contribution in [2.24, 2.45) is 11.3 Å². The zero-order chi connectivity index (χ0) is 26.7. The monoisotopic (exact) mass is 543 g/mol. The molecule has 202 valence electrons. The maximum atomic E-state index is 11.6. The van der Waals surface area contributed by atoms with Crippen LogP contribution in [0.2, 0.25) is 0 Å². The van der Waals surface area contributed by atoms with Gasteiger partial charge in [-0.1, -0.05) is 40.8 Å². The van der Waals surface area contributed by atoms with Gasteiger partial charge in [0.25, 0.3) is 0 Å². The number of fused-ring (bicyclic) bond motifs is 1. The van der Waals surface area contributed by atoms with Crippen molar-refractivity contribution < 1.29 is 19.2 Å². The van der Waals surface area contributed by atoms with Gasteiger partial charge in [0.15, 0.2) is 5.13 Å². The number of piperidine rings is 1. The fourth-order valence-electron chi connectivity index (χ4n) is 6.83. The van der Waals surface area contributed by atoms with E-state index in [-0.39, 0.29) is 5.56 Å². The fourth-order valence-corrected chi connectivity index (χ4v) is 7.87. The molecule has 1 N–H and O–H groups in total. The largest absolute Gasteiger partial charge is 0.496 e. The Morgan fingerprint density at radius 3 is 2.67 bits per heavy atom. The van der Waals surface area contributed by atoms with Gasteiger partial charge in [-0.3, -0.25) is 0 Å². The molecule has 0 radical (unpaired) electrons. The van der Waals surface area contributed by atoms with Crippen molar-refractivity contribution in [3.63, 3.8) is 0 Å². The van der Waals surface area contributed by atoms with Gasteiger partial charge in [-0.25, -0.2) is 9.78 Å². The first kappa shape index (κ1) is 24.6. The highest BCUT2D eigenvalue weighted by Gasteiger charge is 2.47. The molecule has 0 atom stereocenters. The van der Waals surface area contributed by atoms with Crippen molar-refractivity contribution in [1.82, 2.24) is 10.1 Å². The normalized spacial score (nSPS) is 19.0. The summed E-state index contributed by atoms with van der Waals surface area (Å²) in [6.07, 6.45) is 8.38. The predicted octanol–water partition coefficient (Wildman–Crippen LogP) is 7.08. The Morgan fingerprint density at radius 2 is 1.97 bits per heavy atom. The number of nitrogens with zero attached hydrogens (tertiary/aromatic N) is 3. The number of rotatable bonds is 7. The quantitative estimate of drug-likeness (QED) is 0.266. The number of ether oxygens (including phenoxy) is 1. The van der Waals surface area contributed by atoms with Crippen molar-refractivity contribution in [3.8, 4) is 17.0 Å². The molecule has 0 bridgehead atoms. The number of anilines is 1. The second-order valence-electron chi connectivity index (χ2n) is 11.8. The Labute approximate surface area is 231 Å². The summed E-state index contributed by atoms with van der Waals surface area (Å²) in [6, 6.07) is 11.9. The summed E-state index contributed by atoms with van der Waals surface area (Å²) in [5.41, 5.74) is 6.27. The minimum Gasteiger partial charge on any atom is -0.496 e. The average Bonchev–Trinajstić information content (AvgIpc) is 3.55. The number of carbonyl (C=O) groups is 1. The Balaban J connectivity index is 1.03. The molecular weight excluding hydrogens is 510 g/mol. The number of aromatic nitrogens is 2. The molecule has 0 unspecified atom stereocenters. The summed E-state index contributed by atoms with van der Waals surface area (Å²) >= 11 is 1.57. The van der Waals surface area contributed by atoms with Gasteiger partial charge in [-0.15, -0.1) is 0 Å². The van der Waals surface area contributed by atoms with Crippen LogP contribution in [0, 0.1) is 18.3 Å². The van der Waals surface area contributed by atoms with E-state index in [2.05, 4.69) is 41.2 Å². The smallest absolute Gasteiger partial charge is 0.339 e. The molecule has 2 aliphatic carbocycles. The van der Waals surface area contributed by atoms with E-state index >= 15 is 0 Å².